The molecule has 0 atom stereocenters. The van der Waals surface area contributed by atoms with Crippen LogP contribution in [0.25, 0.3) is 11.3 Å². The Labute approximate surface area is 198 Å². The maximum absolute atomic E-state index is 13.3. The number of anilines is 2. The molecule has 11 heteroatoms. The lowest BCUT2D eigenvalue weighted by atomic mass is 10.0. The summed E-state index contributed by atoms with van der Waals surface area (Å²) < 4.78 is 28.1. The zero-order chi connectivity index (χ0) is 24.5. The quantitative estimate of drug-likeness (QED) is 0.564. The Morgan fingerprint density at radius 1 is 1.09 bits per heavy atom. The summed E-state index contributed by atoms with van der Waals surface area (Å²) in [6.07, 6.45) is 4.59. The predicted octanol–water partition coefficient (Wildman–Crippen LogP) is 1.93. The lowest BCUT2D eigenvalue weighted by molar-refractivity contribution is 0.102. The molecule has 34 heavy (non-hydrogen) atoms. The van der Waals surface area contributed by atoms with Crippen molar-refractivity contribution in [1.82, 2.24) is 24.2 Å². The van der Waals surface area contributed by atoms with Gasteiger partial charge in [0.1, 0.15) is 0 Å². The van der Waals surface area contributed by atoms with Gasteiger partial charge in [0, 0.05) is 37.9 Å². The second kappa shape index (κ2) is 9.45. The fourth-order valence-electron chi connectivity index (χ4n) is 3.83. The second-order valence-electron chi connectivity index (χ2n) is 8.32. The average molecular weight is 482 g/mol. The molecule has 1 amide bonds. The van der Waals surface area contributed by atoms with Crippen LogP contribution in [0.1, 0.15) is 21.6 Å². The van der Waals surface area contributed by atoms with Gasteiger partial charge in [-0.25, -0.2) is 18.4 Å². The fourth-order valence-corrected chi connectivity index (χ4v) is 5.55. The van der Waals surface area contributed by atoms with Crippen LogP contribution in [0.4, 0.5) is 11.5 Å². The van der Waals surface area contributed by atoms with Crippen molar-refractivity contribution in [3.05, 3.63) is 59.7 Å². The molecule has 3 N–H and O–H groups in total. The van der Waals surface area contributed by atoms with Crippen molar-refractivity contribution in [3.63, 3.8) is 0 Å². The number of hydrogen-bond donors (Lipinski definition) is 2. The first-order valence-electron chi connectivity index (χ1n) is 10.8. The van der Waals surface area contributed by atoms with Crippen LogP contribution in [-0.2, 0) is 10.0 Å². The molecule has 0 radical (unpaired) electrons. The molecule has 0 spiro atoms. The van der Waals surface area contributed by atoms with Gasteiger partial charge in [0.05, 0.1) is 28.7 Å². The fraction of sp³-hybridized carbons (Fsp3) is 0.304. The normalized spacial score (nSPS) is 15.3. The number of aromatic nitrogens is 3. The van der Waals surface area contributed by atoms with Crippen molar-refractivity contribution in [2.45, 2.75) is 18.7 Å². The van der Waals surface area contributed by atoms with Gasteiger partial charge in [-0.2, -0.15) is 4.31 Å². The topological polar surface area (TPSA) is 134 Å². The number of nitrogens with zero attached hydrogens (tertiary/aromatic N) is 5. The third kappa shape index (κ3) is 4.76. The Balaban J connectivity index is 1.66. The molecule has 1 aromatic carbocycles. The van der Waals surface area contributed by atoms with E-state index in [1.54, 1.807) is 37.4 Å². The molecule has 10 nitrogen and oxygen atoms in total. The number of nitrogens with two attached hydrogens (primary N) is 1. The molecular formula is C23H27N7O3S. The minimum Gasteiger partial charge on any atom is -0.382 e. The van der Waals surface area contributed by atoms with Crippen LogP contribution in [-0.4, -0.2) is 71.7 Å². The molecule has 0 bridgehead atoms. The van der Waals surface area contributed by atoms with Crippen LogP contribution >= 0.6 is 0 Å². The molecule has 3 heterocycles. The van der Waals surface area contributed by atoms with E-state index in [1.807, 2.05) is 14.0 Å². The Morgan fingerprint density at radius 3 is 2.50 bits per heavy atom. The highest BCUT2D eigenvalue weighted by molar-refractivity contribution is 7.89. The predicted molar refractivity (Wildman–Crippen MR) is 130 cm³/mol. The summed E-state index contributed by atoms with van der Waals surface area (Å²) in [6, 6.07) is 6.82. The maximum Gasteiger partial charge on any atom is 0.278 e. The number of carbonyl (C=O) groups is 1. The van der Waals surface area contributed by atoms with E-state index in [9.17, 15) is 13.2 Å². The highest BCUT2D eigenvalue weighted by Gasteiger charge is 2.29. The van der Waals surface area contributed by atoms with Crippen LogP contribution in [0.3, 0.4) is 0 Å². The number of benzene rings is 1. The number of amides is 1. The van der Waals surface area contributed by atoms with E-state index >= 15 is 0 Å². The number of nitrogens with one attached hydrogen (secondary N) is 1. The lowest BCUT2D eigenvalue weighted by Gasteiger charge is -2.32. The Bertz CT molecular complexity index is 1320. The number of piperazine rings is 1. The molecule has 3 aromatic rings. The molecular weight excluding hydrogens is 454 g/mol. The summed E-state index contributed by atoms with van der Waals surface area (Å²) in [5.41, 5.74) is 8.81. The Kier molecular flexibility index (Phi) is 6.60. The smallest absolute Gasteiger partial charge is 0.278 e. The molecule has 0 saturated carbocycles. The van der Waals surface area contributed by atoms with E-state index in [0.717, 1.165) is 0 Å². The summed E-state index contributed by atoms with van der Waals surface area (Å²) in [5.74, 6) is -0.516. The van der Waals surface area contributed by atoms with Crippen LogP contribution in [0, 0.1) is 13.8 Å². The molecule has 4 rings (SSSR count). The van der Waals surface area contributed by atoms with Gasteiger partial charge in [0.2, 0.25) is 10.0 Å². The maximum atomic E-state index is 13.3. The molecule has 2 aromatic heterocycles. The van der Waals surface area contributed by atoms with E-state index in [-0.39, 0.29) is 16.4 Å². The monoisotopic (exact) mass is 481 g/mol. The van der Waals surface area contributed by atoms with Crippen LogP contribution < -0.4 is 11.1 Å². The molecule has 0 aliphatic carbocycles. The summed E-state index contributed by atoms with van der Waals surface area (Å²) in [4.78, 5) is 27.7. The first kappa shape index (κ1) is 23.7. The van der Waals surface area contributed by atoms with Crippen molar-refractivity contribution in [3.8, 4) is 11.3 Å². The molecule has 1 aliphatic heterocycles. The minimum absolute atomic E-state index is 0.00576. The summed E-state index contributed by atoms with van der Waals surface area (Å²) in [7, 11) is -1.64. The number of sulfonamides is 1. The van der Waals surface area contributed by atoms with E-state index in [0.29, 0.717) is 54.3 Å². The first-order chi connectivity index (χ1) is 16.2. The van der Waals surface area contributed by atoms with Crippen molar-refractivity contribution in [2.75, 3.05) is 44.3 Å². The van der Waals surface area contributed by atoms with E-state index < -0.39 is 15.9 Å². The molecule has 0 unspecified atom stereocenters. The number of aryl methyl sites for hydroxylation is 2. The van der Waals surface area contributed by atoms with E-state index in [1.165, 1.54) is 16.7 Å². The molecule has 1 aliphatic rings. The summed E-state index contributed by atoms with van der Waals surface area (Å²) >= 11 is 0. The Morgan fingerprint density at radius 2 is 1.82 bits per heavy atom. The molecule has 1 saturated heterocycles. The van der Waals surface area contributed by atoms with E-state index in [2.05, 4.69) is 25.2 Å². The van der Waals surface area contributed by atoms with Crippen LogP contribution in [0.15, 0.2) is 47.8 Å². The van der Waals surface area contributed by atoms with Gasteiger partial charge in [0.15, 0.2) is 11.5 Å². The zero-order valence-corrected chi connectivity index (χ0v) is 20.1. The third-order valence-electron chi connectivity index (χ3n) is 5.81. The molecule has 1 fully saturated rings. The number of rotatable bonds is 5. The summed E-state index contributed by atoms with van der Waals surface area (Å²) in [6.45, 7) is 5.87. The summed E-state index contributed by atoms with van der Waals surface area (Å²) in [5, 5.41) is 2.70. The van der Waals surface area contributed by atoms with E-state index in [4.69, 9.17) is 5.73 Å². The second-order valence-corrected chi connectivity index (χ2v) is 10.2. The SMILES string of the molecule is Cc1cc(S(=O)(=O)N2CCN(C)CC2)c(C)cc1-c1cnc(N)c(C(=O)Nc2cccnc2)n1. The van der Waals surface area contributed by atoms with Gasteiger partial charge in [-0.1, -0.05) is 0 Å². The lowest BCUT2D eigenvalue weighted by Crippen LogP contribution is -2.47. The van der Waals surface area contributed by atoms with Gasteiger partial charge in [-0.3, -0.25) is 9.78 Å². The van der Waals surface area contributed by atoms with Gasteiger partial charge in [0.25, 0.3) is 5.91 Å². The van der Waals surface area contributed by atoms with Crippen molar-refractivity contribution in [2.24, 2.45) is 0 Å². The van der Waals surface area contributed by atoms with Crippen molar-refractivity contribution >= 4 is 27.4 Å². The minimum atomic E-state index is -3.62. The number of carbonyl (C=O) groups excluding carboxylic acids is 1. The zero-order valence-electron chi connectivity index (χ0n) is 19.3. The largest absolute Gasteiger partial charge is 0.382 e. The highest BCUT2D eigenvalue weighted by Crippen LogP contribution is 2.30. The van der Waals surface area contributed by atoms with Gasteiger partial charge < -0.3 is 16.0 Å². The van der Waals surface area contributed by atoms with Crippen LogP contribution in [0.2, 0.25) is 0 Å². The first-order valence-corrected chi connectivity index (χ1v) is 12.2. The Hall–Kier alpha value is -3.41. The standard InChI is InChI=1S/C23H27N7O3S/c1-15-12-20(34(32,33)30-9-7-29(3)8-10-30)16(2)11-18(15)19-14-26-22(24)21(28-19)23(31)27-17-5-4-6-25-13-17/h4-6,11-14H,7-10H2,1-3H3,(H2,24,26)(H,27,31). The number of likely N-dealkylation sites (N-methyl/N-ethyl adjacent to an activating group) is 1. The van der Waals surface area contributed by atoms with Crippen molar-refractivity contribution in [1.29, 1.82) is 0 Å². The number of hydrogen-bond acceptors (Lipinski definition) is 8. The third-order valence-corrected chi connectivity index (χ3v) is 7.85. The average Bonchev–Trinajstić information content (AvgIpc) is 2.81. The van der Waals surface area contributed by atoms with Crippen LogP contribution in [0.5, 0.6) is 0 Å². The van der Waals surface area contributed by atoms with Gasteiger partial charge in [-0.15, -0.1) is 0 Å². The number of nitrogen functional groups attached to an aromatic ring is 1. The highest BCUT2D eigenvalue weighted by atomic mass is 32.2. The van der Waals surface area contributed by atoms with Gasteiger partial charge in [-0.05, 0) is 56.3 Å². The van der Waals surface area contributed by atoms with Gasteiger partial charge >= 0.3 is 0 Å². The van der Waals surface area contributed by atoms with Crippen molar-refractivity contribution < 1.29 is 13.2 Å². The number of pyridine rings is 1. The molecule has 178 valence electrons.